The van der Waals surface area contributed by atoms with Crippen LogP contribution >= 0.6 is 0 Å². The predicted octanol–water partition coefficient (Wildman–Crippen LogP) is 1.81. The van der Waals surface area contributed by atoms with E-state index in [2.05, 4.69) is 26.1 Å². The van der Waals surface area contributed by atoms with Gasteiger partial charge in [-0.2, -0.15) is 5.10 Å². The lowest BCUT2D eigenvalue weighted by Crippen LogP contribution is -2.45. The minimum Gasteiger partial charge on any atom is -0.493 e. The summed E-state index contributed by atoms with van der Waals surface area (Å²) in [5.74, 6) is -0.386. The zero-order valence-corrected chi connectivity index (χ0v) is 19.0. The van der Waals surface area contributed by atoms with Crippen LogP contribution in [0.5, 0.6) is 11.5 Å². The molecule has 0 aliphatic carbocycles. The summed E-state index contributed by atoms with van der Waals surface area (Å²) in [6, 6.07) is 7.17. The number of carbonyl (C=O) groups excluding carboxylic acids is 3. The van der Waals surface area contributed by atoms with E-state index in [1.807, 2.05) is 0 Å². The summed E-state index contributed by atoms with van der Waals surface area (Å²) in [6.45, 7) is 3.22. The highest BCUT2D eigenvalue weighted by Crippen LogP contribution is 2.34. The van der Waals surface area contributed by atoms with E-state index in [9.17, 15) is 14.4 Å². The summed E-state index contributed by atoms with van der Waals surface area (Å²) in [5.41, 5.74) is 4.41. The second kappa shape index (κ2) is 11.5. The van der Waals surface area contributed by atoms with Crippen LogP contribution in [0.1, 0.15) is 31.0 Å². The van der Waals surface area contributed by atoms with Crippen LogP contribution < -0.4 is 25.5 Å². The van der Waals surface area contributed by atoms with Crippen LogP contribution in [0.25, 0.3) is 0 Å². The Bertz CT molecular complexity index is 1120. The highest BCUT2D eigenvalue weighted by molar-refractivity contribution is 5.95. The predicted molar refractivity (Wildman–Crippen MR) is 122 cm³/mol. The van der Waals surface area contributed by atoms with Crippen molar-refractivity contribution in [3.05, 3.63) is 65.1 Å². The highest BCUT2D eigenvalue weighted by atomic mass is 16.5. The molecule has 3 amide bonds. The molecule has 0 radical (unpaired) electrons. The van der Waals surface area contributed by atoms with Crippen LogP contribution in [0.4, 0.5) is 4.79 Å². The molecule has 34 heavy (non-hydrogen) atoms. The van der Waals surface area contributed by atoms with Crippen molar-refractivity contribution in [2.75, 3.05) is 20.3 Å². The normalized spacial score (nSPS) is 15.4. The van der Waals surface area contributed by atoms with Gasteiger partial charge >= 0.3 is 12.0 Å². The number of esters is 1. The number of hydrazone groups is 1. The van der Waals surface area contributed by atoms with E-state index >= 15 is 0 Å². The van der Waals surface area contributed by atoms with Crippen LogP contribution in [0, 0.1) is 0 Å². The Balaban J connectivity index is 1.70. The molecule has 1 aliphatic heterocycles. The Labute approximate surface area is 196 Å². The molecule has 178 valence electrons. The number of pyridine rings is 1. The standard InChI is InChI=1S/C23H25N5O6/c1-4-33-22(30)20-14(2)26-23(31)27-21(20)16-5-6-17(18(11-16)32-3)34-13-19(29)28-25-12-15-7-9-24-10-8-15/h5-12,21H,4,13H2,1-3H3,(H,28,29)(H2,26,27,31)/b25-12+. The van der Waals surface area contributed by atoms with Crippen LogP contribution in [0.15, 0.2) is 59.1 Å². The van der Waals surface area contributed by atoms with Crippen molar-refractivity contribution >= 4 is 24.1 Å². The number of benzene rings is 1. The summed E-state index contributed by atoms with van der Waals surface area (Å²) < 4.78 is 16.1. The molecule has 1 atom stereocenters. The van der Waals surface area contributed by atoms with Crippen LogP contribution in [-0.2, 0) is 14.3 Å². The lowest BCUT2D eigenvalue weighted by atomic mass is 9.95. The van der Waals surface area contributed by atoms with Crippen LogP contribution in [0.2, 0.25) is 0 Å². The molecule has 1 aliphatic rings. The number of nitrogens with zero attached hydrogens (tertiary/aromatic N) is 2. The van der Waals surface area contributed by atoms with Crippen molar-refractivity contribution in [1.29, 1.82) is 0 Å². The minimum atomic E-state index is -0.749. The van der Waals surface area contributed by atoms with Crippen LogP contribution in [0.3, 0.4) is 0 Å². The van der Waals surface area contributed by atoms with Crippen molar-refractivity contribution in [3.8, 4) is 11.5 Å². The highest BCUT2D eigenvalue weighted by Gasteiger charge is 2.32. The molecule has 0 saturated carbocycles. The third-order valence-electron chi connectivity index (χ3n) is 4.75. The van der Waals surface area contributed by atoms with Crippen molar-refractivity contribution in [1.82, 2.24) is 21.0 Å². The molecule has 1 aromatic carbocycles. The first-order chi connectivity index (χ1) is 16.4. The number of methoxy groups -OCH3 is 1. The maximum atomic E-state index is 12.5. The summed E-state index contributed by atoms with van der Waals surface area (Å²) in [6.07, 6.45) is 4.72. The van der Waals surface area contributed by atoms with E-state index in [0.717, 1.165) is 5.56 Å². The number of hydrogen-bond donors (Lipinski definition) is 3. The Morgan fingerprint density at radius 1 is 1.21 bits per heavy atom. The number of amides is 3. The van der Waals surface area contributed by atoms with E-state index in [0.29, 0.717) is 22.8 Å². The summed E-state index contributed by atoms with van der Waals surface area (Å²) in [5, 5.41) is 9.17. The number of rotatable bonds is 9. The summed E-state index contributed by atoms with van der Waals surface area (Å²) in [7, 11) is 1.44. The number of carbonyl (C=O) groups is 3. The zero-order chi connectivity index (χ0) is 24.5. The lowest BCUT2D eigenvalue weighted by Gasteiger charge is -2.28. The molecule has 1 aromatic heterocycles. The largest absolute Gasteiger partial charge is 0.493 e. The fourth-order valence-electron chi connectivity index (χ4n) is 3.21. The second-order valence-corrected chi connectivity index (χ2v) is 7.06. The third-order valence-corrected chi connectivity index (χ3v) is 4.75. The van der Waals surface area contributed by atoms with E-state index < -0.39 is 23.9 Å². The van der Waals surface area contributed by atoms with Gasteiger partial charge in [0.05, 0.1) is 31.5 Å². The van der Waals surface area contributed by atoms with Crippen molar-refractivity contribution < 1.29 is 28.6 Å². The summed E-state index contributed by atoms with van der Waals surface area (Å²) in [4.78, 5) is 40.5. The van der Waals surface area contributed by atoms with Crippen molar-refractivity contribution in [2.24, 2.45) is 5.10 Å². The van der Waals surface area contributed by atoms with E-state index in [1.165, 1.54) is 13.3 Å². The molecule has 1 unspecified atom stereocenters. The van der Waals surface area contributed by atoms with Gasteiger partial charge in [0.25, 0.3) is 5.91 Å². The molecule has 0 spiro atoms. The lowest BCUT2D eigenvalue weighted by molar-refractivity contribution is -0.139. The average Bonchev–Trinajstić information content (AvgIpc) is 2.83. The molecule has 11 heteroatoms. The topological polar surface area (TPSA) is 140 Å². The Kier molecular flexibility index (Phi) is 8.16. The number of allylic oxidation sites excluding steroid dienone is 1. The zero-order valence-electron chi connectivity index (χ0n) is 19.0. The van der Waals surface area contributed by atoms with Crippen LogP contribution in [-0.4, -0.2) is 49.4 Å². The Hall–Kier alpha value is -4.41. The maximum Gasteiger partial charge on any atom is 0.338 e. The third kappa shape index (κ3) is 6.09. The molecule has 0 bridgehead atoms. The first-order valence-corrected chi connectivity index (χ1v) is 10.4. The number of urea groups is 1. The van der Waals surface area contributed by atoms with E-state index in [1.54, 1.807) is 56.6 Å². The first-order valence-electron chi connectivity index (χ1n) is 10.4. The molecule has 0 saturated heterocycles. The fraction of sp³-hybridized carbons (Fsp3) is 0.261. The van der Waals surface area contributed by atoms with E-state index in [4.69, 9.17) is 14.2 Å². The molecule has 2 aromatic rings. The number of aromatic nitrogens is 1. The monoisotopic (exact) mass is 467 g/mol. The van der Waals surface area contributed by atoms with Gasteiger partial charge in [-0.05, 0) is 49.2 Å². The van der Waals surface area contributed by atoms with Gasteiger partial charge in [-0.1, -0.05) is 6.07 Å². The second-order valence-electron chi connectivity index (χ2n) is 7.06. The Morgan fingerprint density at radius 3 is 2.68 bits per heavy atom. The van der Waals surface area contributed by atoms with Gasteiger partial charge in [0.1, 0.15) is 0 Å². The van der Waals surface area contributed by atoms with Gasteiger partial charge in [0, 0.05) is 18.1 Å². The minimum absolute atomic E-state index is 0.195. The number of hydrogen-bond acceptors (Lipinski definition) is 8. The quantitative estimate of drug-likeness (QED) is 0.290. The average molecular weight is 467 g/mol. The molecule has 0 fully saturated rings. The van der Waals surface area contributed by atoms with E-state index in [-0.39, 0.29) is 18.8 Å². The first kappa shape index (κ1) is 24.2. The summed E-state index contributed by atoms with van der Waals surface area (Å²) >= 11 is 0. The van der Waals surface area contributed by atoms with Gasteiger partial charge in [-0.25, -0.2) is 15.0 Å². The molecule has 3 rings (SSSR count). The van der Waals surface area contributed by atoms with Gasteiger partial charge in [0.2, 0.25) is 0 Å². The van der Waals surface area contributed by atoms with Gasteiger partial charge in [-0.3, -0.25) is 9.78 Å². The number of nitrogens with one attached hydrogen (secondary N) is 3. The molecule has 11 nitrogen and oxygen atoms in total. The SMILES string of the molecule is CCOC(=O)C1=C(C)NC(=O)NC1c1ccc(OCC(=O)N/N=C/c2ccncc2)c(OC)c1. The van der Waals surface area contributed by atoms with Crippen molar-refractivity contribution in [3.63, 3.8) is 0 Å². The number of ether oxygens (including phenoxy) is 3. The molecular weight excluding hydrogens is 442 g/mol. The molecular formula is C23H25N5O6. The van der Waals surface area contributed by atoms with Gasteiger partial charge < -0.3 is 24.8 Å². The van der Waals surface area contributed by atoms with Crippen molar-refractivity contribution in [2.45, 2.75) is 19.9 Å². The molecule has 3 N–H and O–H groups in total. The van der Waals surface area contributed by atoms with Gasteiger partial charge in [0.15, 0.2) is 18.1 Å². The Morgan fingerprint density at radius 2 is 1.97 bits per heavy atom. The van der Waals surface area contributed by atoms with Gasteiger partial charge in [-0.15, -0.1) is 0 Å². The maximum absolute atomic E-state index is 12.5. The smallest absolute Gasteiger partial charge is 0.338 e. The molecule has 2 heterocycles. The fourth-order valence-corrected chi connectivity index (χ4v) is 3.21.